The van der Waals surface area contributed by atoms with Gasteiger partial charge in [0.15, 0.2) is 6.61 Å². The van der Waals surface area contributed by atoms with E-state index in [9.17, 15) is 4.79 Å². The van der Waals surface area contributed by atoms with Gasteiger partial charge in [-0.05, 0) is 92.9 Å². The molecule has 0 N–H and O–H groups in total. The van der Waals surface area contributed by atoms with Crippen molar-refractivity contribution in [2.24, 2.45) is 17.8 Å². The van der Waals surface area contributed by atoms with Crippen LogP contribution in [0.15, 0.2) is 18.2 Å². The Kier molecular flexibility index (Phi) is 4.65. The number of amides is 1. The molecule has 4 bridgehead atoms. The molecule has 0 spiro atoms. The van der Waals surface area contributed by atoms with Crippen molar-refractivity contribution in [2.45, 2.75) is 50.9 Å². The average Bonchev–Trinajstić information content (AvgIpc) is 2.66. The quantitative estimate of drug-likeness (QED) is 0.797. The maximum absolute atomic E-state index is 12.5. The predicted molar refractivity (Wildman–Crippen MR) is 111 cm³/mol. The fourth-order valence-corrected chi connectivity index (χ4v) is 6.89. The molecule has 0 atom stereocenters. The van der Waals surface area contributed by atoms with Crippen molar-refractivity contribution in [3.8, 4) is 5.75 Å². The smallest absolute Gasteiger partial charge is 0.260 e. The van der Waals surface area contributed by atoms with Gasteiger partial charge in [-0.15, -0.1) is 0 Å². The fraction of sp³-hybridized carbons (Fsp3) is 0.708. The van der Waals surface area contributed by atoms with E-state index in [4.69, 9.17) is 4.74 Å². The summed E-state index contributed by atoms with van der Waals surface area (Å²) < 4.78 is 5.95. The van der Waals surface area contributed by atoms with Crippen molar-refractivity contribution < 1.29 is 9.53 Å². The van der Waals surface area contributed by atoms with E-state index in [0.29, 0.717) is 5.41 Å². The van der Waals surface area contributed by atoms with Gasteiger partial charge in [0.25, 0.3) is 5.91 Å². The molecule has 1 aliphatic heterocycles. The predicted octanol–water partition coefficient (Wildman–Crippen LogP) is 3.62. The molecule has 1 saturated heterocycles. The van der Waals surface area contributed by atoms with E-state index in [-0.39, 0.29) is 12.5 Å². The molecule has 4 aliphatic carbocycles. The monoisotopic (exact) mass is 382 g/mol. The molecule has 1 amide bonds. The number of piperazine rings is 1. The summed E-state index contributed by atoms with van der Waals surface area (Å²) in [6.45, 7) is 5.81. The highest BCUT2D eigenvalue weighted by Gasteiger charge is 2.51. The minimum atomic E-state index is 0.109. The van der Waals surface area contributed by atoms with Gasteiger partial charge >= 0.3 is 0 Å². The average molecular weight is 383 g/mol. The molecule has 1 aromatic carbocycles. The van der Waals surface area contributed by atoms with E-state index in [1.54, 1.807) is 0 Å². The van der Waals surface area contributed by atoms with Gasteiger partial charge in [-0.2, -0.15) is 0 Å². The molecule has 5 fully saturated rings. The Hall–Kier alpha value is -1.55. The molecule has 6 rings (SSSR count). The first-order valence-corrected chi connectivity index (χ1v) is 11.2. The summed E-state index contributed by atoms with van der Waals surface area (Å²) in [5, 5.41) is 0. The van der Waals surface area contributed by atoms with Gasteiger partial charge in [-0.25, -0.2) is 0 Å². The van der Waals surface area contributed by atoms with Crippen LogP contribution in [0.2, 0.25) is 0 Å². The van der Waals surface area contributed by atoms with Crippen LogP contribution in [-0.4, -0.2) is 55.5 Å². The number of rotatable bonds is 4. The summed E-state index contributed by atoms with van der Waals surface area (Å²) in [7, 11) is 2.10. The number of likely N-dealkylation sites (N-methyl/N-ethyl adjacent to an activating group) is 1. The Labute approximate surface area is 169 Å². The topological polar surface area (TPSA) is 32.8 Å². The second-order valence-corrected chi connectivity index (χ2v) is 10.2. The van der Waals surface area contributed by atoms with Crippen LogP contribution in [0.5, 0.6) is 5.75 Å². The van der Waals surface area contributed by atoms with Gasteiger partial charge in [0.2, 0.25) is 0 Å². The number of ether oxygens (including phenoxy) is 1. The largest absolute Gasteiger partial charge is 0.484 e. The Morgan fingerprint density at radius 3 is 2.21 bits per heavy atom. The molecule has 5 aliphatic rings. The molecule has 0 aromatic heterocycles. The zero-order chi connectivity index (χ0) is 19.3. The first kappa shape index (κ1) is 18.5. The van der Waals surface area contributed by atoms with E-state index >= 15 is 0 Å². The van der Waals surface area contributed by atoms with Crippen LogP contribution in [0.1, 0.15) is 49.7 Å². The van der Waals surface area contributed by atoms with Crippen LogP contribution in [0.3, 0.4) is 0 Å². The molecule has 1 aromatic rings. The van der Waals surface area contributed by atoms with E-state index < -0.39 is 0 Å². The number of hydrogen-bond acceptors (Lipinski definition) is 3. The van der Waals surface area contributed by atoms with Gasteiger partial charge in [0, 0.05) is 26.2 Å². The molecule has 4 saturated carbocycles. The van der Waals surface area contributed by atoms with E-state index in [2.05, 4.69) is 37.1 Å². The normalized spacial score (nSPS) is 34.6. The van der Waals surface area contributed by atoms with E-state index in [1.807, 2.05) is 4.90 Å². The molecule has 0 radical (unpaired) electrons. The van der Waals surface area contributed by atoms with Gasteiger partial charge in [-0.1, -0.05) is 12.1 Å². The second-order valence-electron chi connectivity index (χ2n) is 10.2. The number of benzene rings is 1. The zero-order valence-corrected chi connectivity index (χ0v) is 17.5. The maximum Gasteiger partial charge on any atom is 0.260 e. The van der Waals surface area contributed by atoms with Crippen LogP contribution in [0, 0.1) is 24.7 Å². The lowest BCUT2D eigenvalue weighted by molar-refractivity contribution is -0.134. The zero-order valence-electron chi connectivity index (χ0n) is 17.5. The highest BCUT2D eigenvalue weighted by molar-refractivity contribution is 5.78. The summed E-state index contributed by atoms with van der Waals surface area (Å²) in [4.78, 5) is 16.7. The summed E-state index contributed by atoms with van der Waals surface area (Å²) in [6, 6.07) is 6.79. The van der Waals surface area contributed by atoms with Crippen molar-refractivity contribution >= 4 is 5.91 Å². The Morgan fingerprint density at radius 2 is 1.64 bits per heavy atom. The number of carbonyl (C=O) groups excluding carboxylic acids is 1. The molecule has 4 nitrogen and oxygen atoms in total. The number of carbonyl (C=O) groups is 1. The summed E-state index contributed by atoms with van der Waals surface area (Å²) in [5.41, 5.74) is 3.13. The van der Waals surface area contributed by atoms with Crippen LogP contribution < -0.4 is 4.74 Å². The van der Waals surface area contributed by atoms with Gasteiger partial charge in [0.05, 0.1) is 0 Å². The lowest BCUT2D eigenvalue weighted by atomic mass is 9.48. The minimum Gasteiger partial charge on any atom is -0.484 e. The standard InChI is InChI=1S/C24H34N2O2/c1-17-9-21(24-13-18-10-19(14-24)12-20(11-18)15-24)3-4-22(17)28-16-23(27)26-7-5-25(2)6-8-26/h3-4,9,18-20H,5-8,10-16H2,1-2H3. The van der Waals surface area contributed by atoms with Gasteiger partial charge in [-0.3, -0.25) is 4.79 Å². The molecular weight excluding hydrogens is 348 g/mol. The third-order valence-electron chi connectivity index (χ3n) is 8.03. The van der Waals surface area contributed by atoms with Crippen LogP contribution >= 0.6 is 0 Å². The van der Waals surface area contributed by atoms with Crippen LogP contribution in [-0.2, 0) is 10.2 Å². The third-order valence-corrected chi connectivity index (χ3v) is 8.03. The Morgan fingerprint density at radius 1 is 1.04 bits per heavy atom. The lowest BCUT2D eigenvalue weighted by Gasteiger charge is -2.57. The highest BCUT2D eigenvalue weighted by atomic mass is 16.5. The summed E-state index contributed by atoms with van der Waals surface area (Å²) in [6.07, 6.45) is 8.61. The maximum atomic E-state index is 12.5. The molecule has 28 heavy (non-hydrogen) atoms. The molecule has 4 heteroatoms. The lowest BCUT2D eigenvalue weighted by Crippen LogP contribution is -2.48. The van der Waals surface area contributed by atoms with Crippen molar-refractivity contribution in [1.82, 2.24) is 9.80 Å². The van der Waals surface area contributed by atoms with E-state index in [1.165, 1.54) is 49.7 Å². The fourth-order valence-electron chi connectivity index (χ4n) is 6.89. The third kappa shape index (κ3) is 3.34. The number of hydrogen-bond donors (Lipinski definition) is 0. The molecule has 152 valence electrons. The first-order chi connectivity index (χ1) is 13.5. The van der Waals surface area contributed by atoms with Crippen molar-refractivity contribution in [2.75, 3.05) is 39.8 Å². The highest BCUT2D eigenvalue weighted by Crippen LogP contribution is 2.60. The van der Waals surface area contributed by atoms with E-state index in [0.717, 1.165) is 49.7 Å². The van der Waals surface area contributed by atoms with Crippen molar-refractivity contribution in [3.05, 3.63) is 29.3 Å². The van der Waals surface area contributed by atoms with Crippen LogP contribution in [0.4, 0.5) is 0 Å². The Balaban J connectivity index is 1.25. The van der Waals surface area contributed by atoms with Gasteiger partial charge < -0.3 is 14.5 Å². The molecule has 1 heterocycles. The first-order valence-electron chi connectivity index (χ1n) is 11.2. The van der Waals surface area contributed by atoms with Gasteiger partial charge in [0.1, 0.15) is 5.75 Å². The van der Waals surface area contributed by atoms with Crippen molar-refractivity contribution in [1.29, 1.82) is 0 Å². The number of nitrogens with zero attached hydrogens (tertiary/aromatic N) is 2. The summed E-state index contributed by atoms with van der Waals surface area (Å²) in [5.74, 6) is 3.87. The molecular formula is C24H34N2O2. The second kappa shape index (κ2) is 7.05. The molecule has 0 unspecified atom stereocenters. The minimum absolute atomic E-state index is 0.109. The summed E-state index contributed by atoms with van der Waals surface area (Å²) >= 11 is 0. The van der Waals surface area contributed by atoms with Crippen LogP contribution in [0.25, 0.3) is 0 Å². The Bertz CT molecular complexity index is 716. The van der Waals surface area contributed by atoms with Crippen molar-refractivity contribution in [3.63, 3.8) is 0 Å². The SMILES string of the molecule is Cc1cc(C23CC4CC(CC(C4)C2)C3)ccc1OCC(=O)N1CCN(C)CC1. The number of aryl methyl sites for hydroxylation is 1.